The summed E-state index contributed by atoms with van der Waals surface area (Å²) in [5.74, 6) is 0. The third kappa shape index (κ3) is 2.60. The second kappa shape index (κ2) is 4.36. The molecule has 1 aromatic rings. The van der Waals surface area contributed by atoms with Crippen molar-refractivity contribution in [3.8, 4) is 0 Å². The Morgan fingerprint density at radius 3 is 2.47 bits per heavy atom. The Bertz CT molecular complexity index is 349. The fourth-order valence-corrected chi connectivity index (χ4v) is 5.27. The molecule has 1 saturated heterocycles. The predicted molar refractivity (Wildman–Crippen MR) is 70.6 cm³/mol. The van der Waals surface area contributed by atoms with Crippen LogP contribution in [0.5, 0.6) is 0 Å². The van der Waals surface area contributed by atoms with Crippen LogP contribution in [0.15, 0.2) is 35.5 Å². The first-order valence-electron chi connectivity index (χ1n) is 5.95. The average molecular weight is 216 g/mol. The third-order valence-electron chi connectivity index (χ3n) is 3.51. The molecule has 80 valence electrons. The van der Waals surface area contributed by atoms with Crippen LogP contribution >= 0.6 is 0 Å². The van der Waals surface area contributed by atoms with Crippen LogP contribution in [0.1, 0.15) is 24.8 Å². The molecule has 1 aromatic carbocycles. The van der Waals surface area contributed by atoms with Crippen molar-refractivity contribution in [2.24, 2.45) is 0 Å². The van der Waals surface area contributed by atoms with Gasteiger partial charge in [0.15, 0.2) is 0 Å². The standard InChI is InChI=1S/C14H20Si/c1-15(2)11-7-6-10-14(15)12-13-8-4-3-5-9-13/h3-5,8-9,12H,6-7,10-11H2,1-2H3/b14-12-. The molecule has 1 heterocycles. The maximum atomic E-state index is 2.51. The van der Waals surface area contributed by atoms with Gasteiger partial charge in [0.25, 0.3) is 0 Å². The summed E-state index contributed by atoms with van der Waals surface area (Å²) in [6.45, 7) is 5.03. The number of rotatable bonds is 1. The van der Waals surface area contributed by atoms with Gasteiger partial charge in [0.1, 0.15) is 0 Å². The van der Waals surface area contributed by atoms with Crippen molar-refractivity contribution in [1.82, 2.24) is 0 Å². The molecule has 0 aliphatic carbocycles. The van der Waals surface area contributed by atoms with E-state index in [9.17, 15) is 0 Å². The molecule has 0 aromatic heterocycles. The van der Waals surface area contributed by atoms with Gasteiger partial charge in [-0.1, -0.05) is 73.6 Å². The Labute approximate surface area is 94.0 Å². The summed E-state index contributed by atoms with van der Waals surface area (Å²) in [6, 6.07) is 12.3. The monoisotopic (exact) mass is 216 g/mol. The predicted octanol–water partition coefficient (Wildman–Crippen LogP) is 4.50. The van der Waals surface area contributed by atoms with E-state index in [4.69, 9.17) is 0 Å². The van der Waals surface area contributed by atoms with E-state index >= 15 is 0 Å². The topological polar surface area (TPSA) is 0 Å². The van der Waals surface area contributed by atoms with Crippen LogP contribution in [0, 0.1) is 0 Å². The highest BCUT2D eigenvalue weighted by atomic mass is 28.3. The number of hydrogen-bond acceptors (Lipinski definition) is 0. The highest BCUT2D eigenvalue weighted by molar-refractivity contribution is 6.85. The zero-order chi connectivity index (χ0) is 10.7. The quantitative estimate of drug-likeness (QED) is 0.606. The van der Waals surface area contributed by atoms with E-state index in [1.165, 1.54) is 30.9 Å². The second-order valence-corrected chi connectivity index (χ2v) is 10.1. The molecule has 0 bridgehead atoms. The first-order chi connectivity index (χ1) is 7.18. The molecule has 0 unspecified atom stereocenters. The Morgan fingerprint density at radius 2 is 1.80 bits per heavy atom. The van der Waals surface area contributed by atoms with Gasteiger partial charge in [0, 0.05) is 0 Å². The van der Waals surface area contributed by atoms with Crippen molar-refractivity contribution < 1.29 is 0 Å². The van der Waals surface area contributed by atoms with E-state index in [1.807, 2.05) is 0 Å². The molecule has 1 heteroatoms. The Kier molecular flexibility index (Phi) is 3.10. The highest BCUT2D eigenvalue weighted by Gasteiger charge is 2.28. The normalized spacial score (nSPS) is 22.9. The van der Waals surface area contributed by atoms with E-state index in [-0.39, 0.29) is 0 Å². The zero-order valence-corrected chi connectivity index (χ0v) is 10.8. The van der Waals surface area contributed by atoms with E-state index in [2.05, 4.69) is 49.5 Å². The fraction of sp³-hybridized carbons (Fsp3) is 0.429. The zero-order valence-electron chi connectivity index (χ0n) is 9.79. The Hall–Kier alpha value is -0.823. The summed E-state index contributed by atoms with van der Waals surface area (Å²) in [4.78, 5) is 0. The van der Waals surface area contributed by atoms with Crippen LogP contribution in [-0.2, 0) is 0 Å². The summed E-state index contributed by atoms with van der Waals surface area (Å²) in [6.07, 6.45) is 6.64. The summed E-state index contributed by atoms with van der Waals surface area (Å²) >= 11 is 0. The number of allylic oxidation sites excluding steroid dienone is 1. The summed E-state index contributed by atoms with van der Waals surface area (Å²) < 4.78 is 0. The molecule has 0 saturated carbocycles. The summed E-state index contributed by atoms with van der Waals surface area (Å²) in [7, 11) is -1.04. The van der Waals surface area contributed by atoms with Gasteiger partial charge >= 0.3 is 0 Å². The lowest BCUT2D eigenvalue weighted by Crippen LogP contribution is -2.31. The van der Waals surface area contributed by atoms with Crippen LogP contribution in [0.25, 0.3) is 6.08 Å². The maximum Gasteiger partial charge on any atom is 0.0755 e. The molecule has 1 aliphatic heterocycles. The van der Waals surface area contributed by atoms with E-state index in [0.29, 0.717) is 0 Å². The smallest absolute Gasteiger partial charge is 0.0755 e. The molecule has 0 radical (unpaired) electrons. The minimum absolute atomic E-state index is 1.04. The van der Waals surface area contributed by atoms with Gasteiger partial charge in [0.2, 0.25) is 0 Å². The first kappa shape index (κ1) is 10.7. The van der Waals surface area contributed by atoms with Gasteiger partial charge < -0.3 is 0 Å². The second-order valence-electron chi connectivity index (χ2n) is 5.17. The largest absolute Gasteiger partial charge is 0.0802 e. The summed E-state index contributed by atoms with van der Waals surface area (Å²) in [5, 5.41) is 1.76. The molecule has 0 spiro atoms. The third-order valence-corrected chi connectivity index (χ3v) is 7.24. The molecule has 0 N–H and O–H groups in total. The van der Waals surface area contributed by atoms with Crippen LogP contribution in [-0.4, -0.2) is 8.07 Å². The molecule has 1 aliphatic rings. The Balaban J connectivity index is 2.25. The van der Waals surface area contributed by atoms with E-state index < -0.39 is 8.07 Å². The van der Waals surface area contributed by atoms with Gasteiger partial charge in [-0.2, -0.15) is 0 Å². The average Bonchev–Trinajstić information content (AvgIpc) is 2.23. The number of benzene rings is 1. The molecular formula is C14H20Si. The van der Waals surface area contributed by atoms with Crippen LogP contribution < -0.4 is 0 Å². The van der Waals surface area contributed by atoms with Gasteiger partial charge in [-0.3, -0.25) is 0 Å². The minimum atomic E-state index is -1.04. The van der Waals surface area contributed by atoms with Crippen LogP contribution in [0.4, 0.5) is 0 Å². The molecular weight excluding hydrogens is 196 g/mol. The van der Waals surface area contributed by atoms with Gasteiger partial charge in [-0.25, -0.2) is 0 Å². The SMILES string of the molecule is C[Si]1(C)CCCC/C1=C/c1ccccc1. The van der Waals surface area contributed by atoms with Gasteiger partial charge in [0.05, 0.1) is 8.07 Å². The van der Waals surface area contributed by atoms with Crippen molar-refractivity contribution in [3.63, 3.8) is 0 Å². The lowest BCUT2D eigenvalue weighted by Gasteiger charge is -2.31. The minimum Gasteiger partial charge on any atom is -0.0802 e. The fourth-order valence-electron chi connectivity index (χ4n) is 2.40. The van der Waals surface area contributed by atoms with Crippen molar-refractivity contribution >= 4 is 14.1 Å². The van der Waals surface area contributed by atoms with Crippen molar-refractivity contribution in [2.75, 3.05) is 0 Å². The van der Waals surface area contributed by atoms with Crippen LogP contribution in [0.2, 0.25) is 19.1 Å². The molecule has 0 nitrogen and oxygen atoms in total. The molecule has 0 amide bonds. The van der Waals surface area contributed by atoms with Gasteiger partial charge in [-0.05, 0) is 12.0 Å². The first-order valence-corrected chi connectivity index (χ1v) is 9.15. The summed E-state index contributed by atoms with van der Waals surface area (Å²) in [5.41, 5.74) is 1.38. The lowest BCUT2D eigenvalue weighted by atomic mass is 10.1. The number of hydrogen-bond donors (Lipinski definition) is 0. The molecule has 2 rings (SSSR count). The van der Waals surface area contributed by atoms with Crippen molar-refractivity contribution in [2.45, 2.75) is 38.4 Å². The molecule has 0 atom stereocenters. The Morgan fingerprint density at radius 1 is 1.07 bits per heavy atom. The highest BCUT2D eigenvalue weighted by Crippen LogP contribution is 2.33. The van der Waals surface area contributed by atoms with Crippen LogP contribution in [0.3, 0.4) is 0 Å². The van der Waals surface area contributed by atoms with Crippen molar-refractivity contribution in [3.05, 3.63) is 41.1 Å². The van der Waals surface area contributed by atoms with E-state index in [0.717, 1.165) is 0 Å². The molecule has 15 heavy (non-hydrogen) atoms. The van der Waals surface area contributed by atoms with E-state index in [1.54, 1.807) is 5.20 Å². The maximum absolute atomic E-state index is 2.51. The molecule has 1 fully saturated rings. The van der Waals surface area contributed by atoms with Gasteiger partial charge in [-0.15, -0.1) is 0 Å². The lowest BCUT2D eigenvalue weighted by molar-refractivity contribution is 0.763. The van der Waals surface area contributed by atoms with Crippen molar-refractivity contribution in [1.29, 1.82) is 0 Å².